The fourth-order valence-corrected chi connectivity index (χ4v) is 4.12. The molecule has 0 aliphatic heterocycles. The van der Waals surface area contributed by atoms with Gasteiger partial charge in [-0.2, -0.15) is 4.57 Å². The highest BCUT2D eigenvalue weighted by Crippen LogP contribution is 2.20. The van der Waals surface area contributed by atoms with Crippen molar-refractivity contribution in [3.8, 4) is 0 Å². The Morgan fingerprint density at radius 3 is 2.65 bits per heavy atom. The monoisotopic (exact) mass is 428 g/mol. The number of nitrogens with one attached hydrogen (secondary N) is 1. The van der Waals surface area contributed by atoms with E-state index >= 15 is 0 Å². The molecule has 2 heterocycles. The third-order valence-corrected chi connectivity index (χ3v) is 5.73. The van der Waals surface area contributed by atoms with Gasteiger partial charge in [0.2, 0.25) is 6.54 Å². The molecule has 2 aromatic heterocycles. The molecule has 168 valence electrons. The van der Waals surface area contributed by atoms with Crippen LogP contribution in [0, 0.1) is 5.92 Å². The number of nitrogens with two attached hydrogens (primary N) is 1. The van der Waals surface area contributed by atoms with Gasteiger partial charge in [-0.15, -0.1) is 0 Å². The first-order valence-electron chi connectivity index (χ1n) is 11.3. The molecule has 3 rings (SSSR count). The summed E-state index contributed by atoms with van der Waals surface area (Å²) in [6.45, 7) is 6.79. The summed E-state index contributed by atoms with van der Waals surface area (Å²) >= 11 is 0. The van der Waals surface area contributed by atoms with E-state index in [9.17, 15) is 14.4 Å². The van der Waals surface area contributed by atoms with Crippen LogP contribution in [0.3, 0.4) is 0 Å². The number of hydrogen-bond donors (Lipinski definition) is 2. The van der Waals surface area contributed by atoms with E-state index in [0.29, 0.717) is 13.1 Å². The van der Waals surface area contributed by atoms with Crippen molar-refractivity contribution in [1.82, 2.24) is 9.55 Å². The van der Waals surface area contributed by atoms with Crippen LogP contribution in [0.5, 0.6) is 0 Å². The van der Waals surface area contributed by atoms with Crippen LogP contribution in [-0.2, 0) is 30.7 Å². The predicted molar refractivity (Wildman–Crippen MR) is 121 cm³/mol. The molecule has 8 nitrogen and oxygen atoms in total. The van der Waals surface area contributed by atoms with E-state index in [0.717, 1.165) is 32.1 Å². The van der Waals surface area contributed by atoms with Gasteiger partial charge in [0.05, 0.1) is 0 Å². The molecule has 1 amide bonds. The van der Waals surface area contributed by atoms with Crippen LogP contribution in [0.2, 0.25) is 0 Å². The third kappa shape index (κ3) is 5.24. The van der Waals surface area contributed by atoms with Gasteiger partial charge in [-0.1, -0.05) is 27.2 Å². The molecular weight excluding hydrogens is 394 g/mol. The van der Waals surface area contributed by atoms with Crippen LogP contribution in [0.4, 0.5) is 11.5 Å². The van der Waals surface area contributed by atoms with Crippen molar-refractivity contribution in [2.45, 2.75) is 72.4 Å². The number of aromatic nitrogens is 3. The summed E-state index contributed by atoms with van der Waals surface area (Å²) in [5, 5.41) is 0. The second kappa shape index (κ2) is 9.94. The summed E-state index contributed by atoms with van der Waals surface area (Å²) in [7, 11) is 0. The van der Waals surface area contributed by atoms with Gasteiger partial charge in [-0.05, 0) is 43.6 Å². The topological polar surface area (TPSA) is 105 Å². The number of pyridine rings is 1. The predicted octanol–water partition coefficient (Wildman–Crippen LogP) is 1.77. The van der Waals surface area contributed by atoms with Crippen LogP contribution in [0.1, 0.15) is 57.6 Å². The summed E-state index contributed by atoms with van der Waals surface area (Å²) in [5.41, 5.74) is 7.79. The largest absolute Gasteiger partial charge is 0.383 e. The van der Waals surface area contributed by atoms with Gasteiger partial charge in [-0.25, -0.2) is 4.79 Å². The second-order valence-electron chi connectivity index (χ2n) is 8.77. The first kappa shape index (κ1) is 22.8. The molecule has 0 bridgehead atoms. The van der Waals surface area contributed by atoms with Crippen molar-refractivity contribution in [1.29, 1.82) is 0 Å². The number of nitrogen functional groups attached to an aromatic ring is 1. The Morgan fingerprint density at radius 2 is 1.97 bits per heavy atom. The van der Waals surface area contributed by atoms with Crippen molar-refractivity contribution < 1.29 is 9.36 Å². The molecule has 0 unspecified atom stereocenters. The first-order chi connectivity index (χ1) is 14.8. The fraction of sp³-hybridized carbons (Fsp3) is 0.565. The van der Waals surface area contributed by atoms with E-state index in [2.05, 4.69) is 11.1 Å². The van der Waals surface area contributed by atoms with Gasteiger partial charge in [-0.3, -0.25) is 24.0 Å². The molecule has 0 fully saturated rings. The maximum atomic E-state index is 13.3. The van der Waals surface area contributed by atoms with Crippen LogP contribution < -0.4 is 26.4 Å². The van der Waals surface area contributed by atoms with E-state index < -0.39 is 11.2 Å². The zero-order chi connectivity index (χ0) is 22.5. The lowest BCUT2D eigenvalue weighted by atomic mass is 9.93. The molecule has 0 saturated heterocycles. The van der Waals surface area contributed by atoms with Crippen LogP contribution in [0.15, 0.2) is 28.0 Å². The van der Waals surface area contributed by atoms with Crippen molar-refractivity contribution in [3.63, 3.8) is 0 Å². The number of carbonyl (C=O) groups excluding carboxylic acids is 1. The molecule has 1 aliphatic carbocycles. The minimum atomic E-state index is -0.623. The molecule has 3 N–H and O–H groups in total. The van der Waals surface area contributed by atoms with E-state index in [-0.39, 0.29) is 29.9 Å². The Kier molecular flexibility index (Phi) is 7.30. The van der Waals surface area contributed by atoms with Crippen LogP contribution in [0.25, 0.3) is 0 Å². The van der Waals surface area contributed by atoms with Gasteiger partial charge >= 0.3 is 5.69 Å². The molecule has 2 aromatic rings. The van der Waals surface area contributed by atoms with E-state index in [1.54, 1.807) is 0 Å². The first-order valence-corrected chi connectivity index (χ1v) is 11.3. The highest BCUT2D eigenvalue weighted by atomic mass is 16.2. The number of H-pyrrole nitrogens is 1. The van der Waals surface area contributed by atoms with Crippen molar-refractivity contribution in [3.05, 3.63) is 50.4 Å². The SMILES string of the molecule is CCCCN(C(=O)C[n+]1ccc2c(c1)CCCC2)c1c(N)n(CC(C)C)c(=O)[nH]c1=O. The number of aryl methyl sites for hydroxylation is 2. The number of aromatic amines is 1. The zero-order valence-electron chi connectivity index (χ0n) is 18.8. The Morgan fingerprint density at radius 1 is 1.26 bits per heavy atom. The molecule has 0 aromatic carbocycles. The molecule has 31 heavy (non-hydrogen) atoms. The molecule has 8 heteroatoms. The highest BCUT2D eigenvalue weighted by molar-refractivity contribution is 5.94. The third-order valence-electron chi connectivity index (χ3n) is 5.73. The number of carbonyl (C=O) groups is 1. The minimum Gasteiger partial charge on any atom is -0.383 e. The molecule has 1 aliphatic rings. The van der Waals surface area contributed by atoms with Crippen LogP contribution >= 0.6 is 0 Å². The van der Waals surface area contributed by atoms with Crippen molar-refractivity contribution in [2.24, 2.45) is 5.92 Å². The standard InChI is InChI=1S/C23H33N5O3/c1-4-5-11-27(20-21(24)28(13-16(2)3)23(31)25-22(20)30)19(29)15-26-12-10-17-8-6-7-9-18(17)14-26/h10,12,14,16H,4-9,11,13,15H2,1-3H3,(H2-,24,25,30,31)/p+1. The van der Waals surface area contributed by atoms with Gasteiger partial charge in [0, 0.05) is 24.7 Å². The molecule has 0 radical (unpaired) electrons. The maximum Gasteiger partial charge on any atom is 0.330 e. The van der Waals surface area contributed by atoms with E-state index in [1.807, 2.05) is 37.7 Å². The number of anilines is 2. The summed E-state index contributed by atoms with van der Waals surface area (Å²) in [5.74, 6) is -0.0203. The average molecular weight is 429 g/mol. The Bertz CT molecular complexity index is 1050. The average Bonchev–Trinajstić information content (AvgIpc) is 2.73. The normalized spacial score (nSPS) is 13.3. The number of unbranched alkanes of at least 4 members (excludes halogenated alkanes) is 1. The summed E-state index contributed by atoms with van der Waals surface area (Å²) in [6, 6.07) is 2.09. The van der Waals surface area contributed by atoms with E-state index in [1.165, 1.54) is 27.0 Å². The zero-order valence-corrected chi connectivity index (χ0v) is 18.8. The Labute approximate surface area is 182 Å². The van der Waals surface area contributed by atoms with Crippen molar-refractivity contribution >= 4 is 17.4 Å². The smallest absolute Gasteiger partial charge is 0.330 e. The Balaban J connectivity index is 1.96. The lowest BCUT2D eigenvalue weighted by molar-refractivity contribution is -0.684. The molecule has 0 spiro atoms. The number of nitrogens with zero attached hydrogens (tertiary/aromatic N) is 3. The second-order valence-corrected chi connectivity index (χ2v) is 8.77. The minimum absolute atomic E-state index is 0.0438. The molecule has 0 atom stereocenters. The van der Waals surface area contributed by atoms with Gasteiger partial charge in [0.1, 0.15) is 5.82 Å². The lowest BCUT2D eigenvalue weighted by Gasteiger charge is -2.24. The summed E-state index contributed by atoms with van der Waals surface area (Å²) in [6.07, 6.45) is 10.0. The van der Waals surface area contributed by atoms with Crippen molar-refractivity contribution in [2.75, 3.05) is 17.2 Å². The van der Waals surface area contributed by atoms with Gasteiger partial charge in [0.25, 0.3) is 11.5 Å². The number of fused-ring (bicyclic) bond motifs is 1. The van der Waals surface area contributed by atoms with E-state index in [4.69, 9.17) is 5.73 Å². The summed E-state index contributed by atoms with van der Waals surface area (Å²) in [4.78, 5) is 42.1. The number of rotatable bonds is 8. The lowest BCUT2D eigenvalue weighted by Crippen LogP contribution is -2.48. The van der Waals surface area contributed by atoms with Gasteiger partial charge < -0.3 is 5.73 Å². The quantitative estimate of drug-likeness (QED) is 0.625. The molecular formula is C23H34N5O3+. The molecule has 0 saturated carbocycles. The maximum absolute atomic E-state index is 13.3. The van der Waals surface area contributed by atoms with Crippen LogP contribution in [-0.4, -0.2) is 22.0 Å². The summed E-state index contributed by atoms with van der Waals surface area (Å²) < 4.78 is 3.22. The highest BCUT2D eigenvalue weighted by Gasteiger charge is 2.27. The van der Waals surface area contributed by atoms with Gasteiger partial charge in [0.15, 0.2) is 18.1 Å². The Hall–Kier alpha value is -2.90. The number of hydrogen-bond acceptors (Lipinski definition) is 4. The number of amides is 1. The fourth-order valence-electron chi connectivity index (χ4n) is 4.12.